The molecule has 2 aromatic rings. The molecule has 0 saturated carbocycles. The first-order chi connectivity index (χ1) is 9.65. The van der Waals surface area contributed by atoms with Crippen molar-refractivity contribution >= 4 is 17.4 Å². The smallest absolute Gasteiger partial charge is 0.137 e. The van der Waals surface area contributed by atoms with Gasteiger partial charge in [0.15, 0.2) is 0 Å². The molecule has 20 heavy (non-hydrogen) atoms. The molecule has 0 amide bonds. The van der Waals surface area contributed by atoms with Crippen molar-refractivity contribution in [1.29, 1.82) is 0 Å². The Labute approximate surface area is 124 Å². The fourth-order valence-corrected chi connectivity index (χ4v) is 2.17. The molecule has 5 heteroatoms. The van der Waals surface area contributed by atoms with Crippen LogP contribution < -0.4 is 5.32 Å². The van der Waals surface area contributed by atoms with E-state index in [2.05, 4.69) is 33.3 Å². The minimum atomic E-state index is 0.510. The topological polar surface area (TPSA) is 50.7 Å². The zero-order valence-electron chi connectivity index (χ0n) is 12.1. The van der Waals surface area contributed by atoms with Gasteiger partial charge in [-0.25, -0.2) is 9.97 Å². The van der Waals surface area contributed by atoms with Crippen molar-refractivity contribution in [3.8, 4) is 0 Å². The van der Waals surface area contributed by atoms with E-state index in [0.29, 0.717) is 11.7 Å². The summed E-state index contributed by atoms with van der Waals surface area (Å²) in [6, 6.07) is 4.06. The normalized spacial score (nSPS) is 10.6. The highest BCUT2D eigenvalue weighted by atomic mass is 35.5. The summed E-state index contributed by atoms with van der Waals surface area (Å²) in [6.07, 6.45) is 3.54. The molecule has 0 bridgehead atoms. The van der Waals surface area contributed by atoms with E-state index in [1.165, 1.54) is 5.56 Å². The van der Waals surface area contributed by atoms with Crippen molar-refractivity contribution in [3.63, 3.8) is 0 Å². The summed E-state index contributed by atoms with van der Waals surface area (Å²) in [5.41, 5.74) is 3.16. The van der Waals surface area contributed by atoms with Gasteiger partial charge in [-0.3, -0.25) is 4.98 Å². The Morgan fingerprint density at radius 2 is 2.00 bits per heavy atom. The Bertz CT molecular complexity index is 598. The van der Waals surface area contributed by atoms with Crippen LogP contribution >= 0.6 is 11.6 Å². The molecule has 2 rings (SSSR count). The fourth-order valence-electron chi connectivity index (χ4n) is 1.98. The number of rotatable bonds is 5. The molecule has 0 radical (unpaired) electrons. The highest BCUT2D eigenvalue weighted by molar-refractivity contribution is 6.30. The van der Waals surface area contributed by atoms with Gasteiger partial charge in [-0.2, -0.15) is 0 Å². The molecular formula is C15H19ClN4. The quantitative estimate of drug-likeness (QED) is 0.855. The maximum atomic E-state index is 6.13. The first-order valence-corrected chi connectivity index (χ1v) is 7.23. The van der Waals surface area contributed by atoms with Gasteiger partial charge in [-0.15, -0.1) is 0 Å². The third-order valence-electron chi connectivity index (χ3n) is 3.24. The van der Waals surface area contributed by atoms with Gasteiger partial charge in [0.2, 0.25) is 0 Å². The van der Waals surface area contributed by atoms with E-state index < -0.39 is 0 Å². The molecule has 0 aliphatic rings. The minimum absolute atomic E-state index is 0.510. The van der Waals surface area contributed by atoms with E-state index in [0.717, 1.165) is 35.7 Å². The van der Waals surface area contributed by atoms with Crippen molar-refractivity contribution in [2.24, 2.45) is 0 Å². The molecule has 0 aliphatic heterocycles. The third-order valence-corrected chi connectivity index (χ3v) is 3.61. The third kappa shape index (κ3) is 3.25. The lowest BCUT2D eigenvalue weighted by atomic mass is 10.1. The predicted molar refractivity (Wildman–Crippen MR) is 82.1 cm³/mol. The van der Waals surface area contributed by atoms with E-state index in [-0.39, 0.29) is 0 Å². The number of hydrogen-bond donors (Lipinski definition) is 1. The average molecular weight is 291 g/mol. The lowest BCUT2D eigenvalue weighted by molar-refractivity contribution is 0.910. The van der Waals surface area contributed by atoms with Gasteiger partial charge in [0.1, 0.15) is 16.8 Å². The number of aryl methyl sites for hydroxylation is 2. The highest BCUT2D eigenvalue weighted by Crippen LogP contribution is 2.20. The average Bonchev–Trinajstić information content (AvgIpc) is 2.48. The molecule has 0 saturated heterocycles. The van der Waals surface area contributed by atoms with Gasteiger partial charge >= 0.3 is 0 Å². The summed E-state index contributed by atoms with van der Waals surface area (Å²) in [4.78, 5) is 13.1. The Morgan fingerprint density at radius 3 is 2.70 bits per heavy atom. The summed E-state index contributed by atoms with van der Waals surface area (Å²) in [7, 11) is 0. The van der Waals surface area contributed by atoms with E-state index >= 15 is 0 Å². The van der Waals surface area contributed by atoms with Gasteiger partial charge in [0.25, 0.3) is 0 Å². The number of anilines is 1. The SMILES string of the molecule is CCc1nc(Cl)c(C)c(NCc2ncccc2CC)n1. The first-order valence-electron chi connectivity index (χ1n) is 6.85. The van der Waals surface area contributed by atoms with Crippen molar-refractivity contribution in [2.45, 2.75) is 40.2 Å². The van der Waals surface area contributed by atoms with Crippen molar-refractivity contribution in [3.05, 3.63) is 46.1 Å². The molecule has 2 aromatic heterocycles. The van der Waals surface area contributed by atoms with Crippen LogP contribution in [0.15, 0.2) is 18.3 Å². The first kappa shape index (κ1) is 14.7. The summed E-state index contributed by atoms with van der Waals surface area (Å²) >= 11 is 6.13. The molecular weight excluding hydrogens is 272 g/mol. The summed E-state index contributed by atoms with van der Waals surface area (Å²) in [5, 5.41) is 3.83. The minimum Gasteiger partial charge on any atom is -0.364 e. The maximum Gasteiger partial charge on any atom is 0.137 e. The van der Waals surface area contributed by atoms with Crippen LogP contribution in [0, 0.1) is 6.92 Å². The van der Waals surface area contributed by atoms with Crippen LogP contribution in [0.3, 0.4) is 0 Å². The second kappa shape index (κ2) is 6.66. The molecule has 0 spiro atoms. The van der Waals surface area contributed by atoms with Crippen LogP contribution in [0.1, 0.15) is 36.5 Å². The number of pyridine rings is 1. The Balaban J connectivity index is 2.20. The molecule has 0 fully saturated rings. The summed E-state index contributed by atoms with van der Waals surface area (Å²) in [5.74, 6) is 1.54. The predicted octanol–water partition coefficient (Wildman–Crippen LogP) is 3.57. The van der Waals surface area contributed by atoms with Gasteiger partial charge in [-0.1, -0.05) is 31.5 Å². The monoisotopic (exact) mass is 290 g/mol. The van der Waals surface area contributed by atoms with Crippen molar-refractivity contribution in [2.75, 3.05) is 5.32 Å². The van der Waals surface area contributed by atoms with E-state index in [1.54, 1.807) is 0 Å². The molecule has 1 N–H and O–H groups in total. The lowest BCUT2D eigenvalue weighted by Gasteiger charge is -2.12. The van der Waals surface area contributed by atoms with Crippen LogP contribution in [0.25, 0.3) is 0 Å². The number of nitrogens with one attached hydrogen (secondary N) is 1. The summed E-state index contributed by atoms with van der Waals surface area (Å²) < 4.78 is 0. The van der Waals surface area contributed by atoms with Gasteiger partial charge in [0.05, 0.1) is 12.2 Å². The van der Waals surface area contributed by atoms with Crippen molar-refractivity contribution in [1.82, 2.24) is 15.0 Å². The van der Waals surface area contributed by atoms with Crippen LogP contribution in [0.2, 0.25) is 5.15 Å². The number of nitrogens with zero attached hydrogens (tertiary/aromatic N) is 3. The summed E-state index contributed by atoms with van der Waals surface area (Å²) in [6.45, 7) is 6.70. The standard InChI is InChI=1S/C15H19ClN4/c1-4-11-7-6-8-17-12(11)9-18-15-10(3)14(16)19-13(5-2)20-15/h6-8H,4-5,9H2,1-3H3,(H,18,19,20). The van der Waals surface area contributed by atoms with E-state index in [9.17, 15) is 0 Å². The number of hydrogen-bond acceptors (Lipinski definition) is 4. The molecule has 0 atom stereocenters. The Kier molecular flexibility index (Phi) is 4.90. The molecule has 0 aliphatic carbocycles. The molecule has 4 nitrogen and oxygen atoms in total. The Morgan fingerprint density at radius 1 is 1.20 bits per heavy atom. The molecule has 0 aromatic carbocycles. The van der Waals surface area contributed by atoms with Crippen LogP contribution in [-0.4, -0.2) is 15.0 Å². The van der Waals surface area contributed by atoms with E-state index in [1.807, 2.05) is 26.1 Å². The van der Waals surface area contributed by atoms with Gasteiger partial charge in [0, 0.05) is 18.2 Å². The maximum absolute atomic E-state index is 6.13. The zero-order chi connectivity index (χ0) is 14.5. The van der Waals surface area contributed by atoms with Crippen molar-refractivity contribution < 1.29 is 0 Å². The number of aromatic nitrogens is 3. The molecule has 0 unspecified atom stereocenters. The zero-order valence-corrected chi connectivity index (χ0v) is 12.8. The second-order valence-electron chi connectivity index (χ2n) is 4.57. The van der Waals surface area contributed by atoms with E-state index in [4.69, 9.17) is 11.6 Å². The van der Waals surface area contributed by atoms with Gasteiger partial charge < -0.3 is 5.32 Å². The number of halogens is 1. The highest BCUT2D eigenvalue weighted by Gasteiger charge is 2.09. The molecule has 2 heterocycles. The second-order valence-corrected chi connectivity index (χ2v) is 4.93. The fraction of sp³-hybridized carbons (Fsp3) is 0.400. The largest absolute Gasteiger partial charge is 0.364 e. The Hall–Kier alpha value is -1.68. The van der Waals surface area contributed by atoms with Crippen LogP contribution in [0.4, 0.5) is 5.82 Å². The lowest BCUT2D eigenvalue weighted by Crippen LogP contribution is -2.09. The van der Waals surface area contributed by atoms with Crippen LogP contribution in [0.5, 0.6) is 0 Å². The molecule has 106 valence electrons. The van der Waals surface area contributed by atoms with Gasteiger partial charge in [-0.05, 0) is 25.0 Å². The van der Waals surface area contributed by atoms with Crippen LogP contribution in [-0.2, 0) is 19.4 Å².